The van der Waals surface area contributed by atoms with Crippen LogP contribution in [0.15, 0.2) is 21.3 Å². The van der Waals surface area contributed by atoms with E-state index in [1.807, 2.05) is 0 Å². The normalized spacial score (nSPS) is 9.56. The lowest BCUT2D eigenvalue weighted by atomic mass is 10.3. The highest BCUT2D eigenvalue weighted by Crippen LogP contribution is 2.17. The summed E-state index contributed by atoms with van der Waals surface area (Å²) in [4.78, 5) is 23.7. The Morgan fingerprint density at radius 3 is 2.81 bits per heavy atom. The molecule has 0 aliphatic carbocycles. The van der Waals surface area contributed by atoms with E-state index in [0.717, 1.165) is 6.07 Å². The molecule has 1 rings (SSSR count). The summed E-state index contributed by atoms with van der Waals surface area (Å²) >= 11 is 5.69. The smallest absolute Gasteiger partial charge is 0.338 e. The van der Waals surface area contributed by atoms with Gasteiger partial charge in [-0.15, -0.1) is 12.3 Å². The van der Waals surface area contributed by atoms with E-state index >= 15 is 0 Å². The fraction of sp³-hybridized carbons (Fsp3) is 0.273. The number of nitrogens with zero attached hydrogens (tertiary/aromatic N) is 1. The number of rotatable bonds is 3. The Hall–Kier alpha value is -1.73. The second-order valence-electron chi connectivity index (χ2n) is 3.06. The van der Waals surface area contributed by atoms with Crippen molar-refractivity contribution in [3.63, 3.8) is 0 Å². The molecule has 0 saturated heterocycles. The molecule has 5 heteroatoms. The van der Waals surface area contributed by atoms with Crippen molar-refractivity contribution in [1.82, 2.24) is 0 Å². The zero-order valence-electron chi connectivity index (χ0n) is 8.70. The van der Waals surface area contributed by atoms with E-state index in [0.29, 0.717) is 6.42 Å². The molecule has 16 heavy (non-hydrogen) atoms. The Morgan fingerprint density at radius 2 is 2.31 bits per heavy atom. The molecule has 84 valence electrons. The van der Waals surface area contributed by atoms with Gasteiger partial charge in [-0.25, -0.2) is 4.79 Å². The first-order valence-electron chi connectivity index (χ1n) is 4.57. The molecule has 1 amide bonds. The lowest BCUT2D eigenvalue weighted by Crippen LogP contribution is -2.30. The third-order valence-corrected chi connectivity index (χ3v) is 2.07. The zero-order valence-corrected chi connectivity index (χ0v) is 9.45. The number of carbonyl (C=O) groups excluding carboxylic acids is 1. The second-order valence-corrected chi connectivity index (χ2v) is 3.49. The number of hydrogen-bond donors (Lipinski definition) is 0. The first-order chi connectivity index (χ1) is 7.54. The standard InChI is InChI=1S/C11H10ClNO3/c1-3-4-5-13(8(2)14)10-6-9(12)7-11(15)16-10/h1,6-7H,4-5H2,2H3. The summed E-state index contributed by atoms with van der Waals surface area (Å²) in [5.41, 5.74) is -0.602. The Labute approximate surface area is 97.8 Å². The molecule has 0 unspecified atom stereocenters. The third kappa shape index (κ3) is 3.14. The monoisotopic (exact) mass is 239 g/mol. The summed E-state index contributed by atoms with van der Waals surface area (Å²) in [6, 6.07) is 2.53. The lowest BCUT2D eigenvalue weighted by Gasteiger charge is -2.17. The van der Waals surface area contributed by atoms with Gasteiger partial charge in [0.15, 0.2) is 0 Å². The molecule has 1 aromatic heterocycles. The summed E-state index contributed by atoms with van der Waals surface area (Å²) in [7, 11) is 0. The van der Waals surface area contributed by atoms with Crippen molar-refractivity contribution in [2.45, 2.75) is 13.3 Å². The van der Waals surface area contributed by atoms with Crippen LogP contribution in [0, 0.1) is 12.3 Å². The highest BCUT2D eigenvalue weighted by Gasteiger charge is 2.14. The van der Waals surface area contributed by atoms with E-state index < -0.39 is 5.63 Å². The van der Waals surface area contributed by atoms with Crippen LogP contribution in [0.25, 0.3) is 0 Å². The maximum absolute atomic E-state index is 11.3. The lowest BCUT2D eigenvalue weighted by molar-refractivity contribution is -0.116. The van der Waals surface area contributed by atoms with E-state index in [1.54, 1.807) is 0 Å². The Morgan fingerprint density at radius 1 is 1.62 bits per heavy atom. The van der Waals surface area contributed by atoms with Gasteiger partial charge in [-0.2, -0.15) is 0 Å². The fourth-order valence-corrected chi connectivity index (χ4v) is 1.35. The van der Waals surface area contributed by atoms with Crippen LogP contribution in [-0.4, -0.2) is 12.5 Å². The van der Waals surface area contributed by atoms with Gasteiger partial charge in [-0.3, -0.25) is 9.69 Å². The maximum atomic E-state index is 11.3. The molecule has 0 bridgehead atoms. The molecule has 0 N–H and O–H groups in total. The van der Waals surface area contributed by atoms with Crippen LogP contribution >= 0.6 is 11.6 Å². The molecule has 1 heterocycles. The highest BCUT2D eigenvalue weighted by atomic mass is 35.5. The number of halogens is 1. The minimum atomic E-state index is -0.602. The van der Waals surface area contributed by atoms with Crippen LogP contribution in [0.2, 0.25) is 5.02 Å². The average molecular weight is 240 g/mol. The van der Waals surface area contributed by atoms with Gasteiger partial charge in [0.05, 0.1) is 5.02 Å². The predicted molar refractivity (Wildman–Crippen MR) is 61.5 cm³/mol. The van der Waals surface area contributed by atoms with Gasteiger partial charge < -0.3 is 4.42 Å². The van der Waals surface area contributed by atoms with E-state index in [4.69, 9.17) is 22.4 Å². The molecule has 0 aliphatic rings. The van der Waals surface area contributed by atoms with E-state index in [1.165, 1.54) is 17.9 Å². The first-order valence-corrected chi connectivity index (χ1v) is 4.94. The second kappa shape index (κ2) is 5.38. The predicted octanol–water partition coefficient (Wildman–Crippen LogP) is 1.67. The van der Waals surface area contributed by atoms with Crippen molar-refractivity contribution in [1.29, 1.82) is 0 Å². The average Bonchev–Trinajstić information content (AvgIpc) is 2.16. The topological polar surface area (TPSA) is 50.5 Å². The van der Waals surface area contributed by atoms with E-state index in [2.05, 4.69) is 5.92 Å². The Kier molecular flexibility index (Phi) is 4.15. The Balaban J connectivity index is 3.06. The largest absolute Gasteiger partial charge is 0.406 e. The molecule has 0 aromatic carbocycles. The molecule has 0 radical (unpaired) electrons. The summed E-state index contributed by atoms with van der Waals surface area (Å²) in [5.74, 6) is 2.25. The molecule has 0 fully saturated rings. The third-order valence-electron chi connectivity index (χ3n) is 1.85. The highest BCUT2D eigenvalue weighted by molar-refractivity contribution is 6.30. The summed E-state index contributed by atoms with van der Waals surface area (Å²) < 4.78 is 4.88. The van der Waals surface area contributed by atoms with Crippen LogP contribution in [-0.2, 0) is 4.79 Å². The molecule has 0 aliphatic heterocycles. The molecule has 0 atom stereocenters. The van der Waals surface area contributed by atoms with Crippen molar-refractivity contribution in [2.24, 2.45) is 0 Å². The summed E-state index contributed by atoms with van der Waals surface area (Å²) in [5, 5.41) is 0.221. The van der Waals surface area contributed by atoms with Crippen molar-refractivity contribution in [3.8, 4) is 12.3 Å². The molecule has 4 nitrogen and oxygen atoms in total. The van der Waals surface area contributed by atoms with Crippen LogP contribution in [0.3, 0.4) is 0 Å². The SMILES string of the molecule is C#CCCN(C(C)=O)c1cc(Cl)cc(=O)o1. The molecule has 0 saturated carbocycles. The zero-order chi connectivity index (χ0) is 12.1. The minimum Gasteiger partial charge on any atom is -0.406 e. The van der Waals surface area contributed by atoms with Crippen molar-refractivity contribution >= 4 is 23.4 Å². The van der Waals surface area contributed by atoms with Gasteiger partial charge in [0.2, 0.25) is 11.8 Å². The van der Waals surface area contributed by atoms with Gasteiger partial charge in [0, 0.05) is 32.0 Å². The summed E-state index contributed by atoms with van der Waals surface area (Å²) in [6.45, 7) is 1.65. The maximum Gasteiger partial charge on any atom is 0.338 e. The minimum absolute atomic E-state index is 0.111. The number of amides is 1. The van der Waals surface area contributed by atoms with Gasteiger partial charge in [-0.1, -0.05) is 11.6 Å². The molecular formula is C11H10ClNO3. The van der Waals surface area contributed by atoms with E-state index in [-0.39, 0.29) is 23.4 Å². The van der Waals surface area contributed by atoms with Crippen molar-refractivity contribution < 1.29 is 9.21 Å². The van der Waals surface area contributed by atoms with Gasteiger partial charge >= 0.3 is 5.63 Å². The van der Waals surface area contributed by atoms with Crippen molar-refractivity contribution in [3.05, 3.63) is 27.6 Å². The number of terminal acetylenes is 1. The van der Waals surface area contributed by atoms with Crippen LogP contribution in [0.4, 0.5) is 5.88 Å². The van der Waals surface area contributed by atoms with Crippen LogP contribution in [0.1, 0.15) is 13.3 Å². The van der Waals surface area contributed by atoms with Crippen LogP contribution < -0.4 is 10.5 Å². The van der Waals surface area contributed by atoms with Crippen LogP contribution in [0.5, 0.6) is 0 Å². The van der Waals surface area contributed by atoms with Gasteiger partial charge in [0.25, 0.3) is 0 Å². The molecule has 1 aromatic rings. The number of anilines is 1. The number of hydrogen-bond acceptors (Lipinski definition) is 3. The quantitative estimate of drug-likeness (QED) is 0.754. The van der Waals surface area contributed by atoms with Gasteiger partial charge in [0.1, 0.15) is 0 Å². The van der Waals surface area contributed by atoms with E-state index in [9.17, 15) is 9.59 Å². The number of carbonyl (C=O) groups is 1. The summed E-state index contributed by atoms with van der Waals surface area (Å²) in [6.07, 6.45) is 5.48. The molecular weight excluding hydrogens is 230 g/mol. The first kappa shape index (κ1) is 12.3. The Bertz CT molecular complexity index is 487. The fourth-order valence-electron chi connectivity index (χ4n) is 1.17. The van der Waals surface area contributed by atoms with Crippen molar-refractivity contribution in [2.75, 3.05) is 11.4 Å². The molecule has 0 spiro atoms. The van der Waals surface area contributed by atoms with Gasteiger partial charge in [-0.05, 0) is 0 Å².